The molecule has 1 N–H and O–H groups in total. The molecule has 0 bridgehead atoms. The average Bonchev–Trinajstić information content (AvgIpc) is 3.39. The van der Waals surface area contributed by atoms with Crippen molar-refractivity contribution in [1.82, 2.24) is 19.9 Å². The average molecular weight is 530 g/mol. The number of nitriles is 1. The third kappa shape index (κ3) is 7.13. The number of hydrogen-bond donors (Lipinski definition) is 1. The van der Waals surface area contributed by atoms with Gasteiger partial charge in [0.2, 0.25) is 5.95 Å². The SMILES string of the molecule is CCN(CC)c1ccc(Nc2nccc(-c3ccc(O[C@@H]4CCN(C(=O)OC(C)(C)C)C4)c(C#N)c3)n2)cn1. The zero-order chi connectivity index (χ0) is 28.0. The van der Waals surface area contributed by atoms with Gasteiger partial charge in [-0.1, -0.05) is 0 Å². The molecule has 3 aromatic rings. The molecule has 0 aliphatic carbocycles. The first-order valence-electron chi connectivity index (χ1n) is 13.2. The number of nitrogens with one attached hydrogen (secondary N) is 1. The zero-order valence-corrected chi connectivity index (χ0v) is 23.1. The number of pyridine rings is 1. The smallest absolute Gasteiger partial charge is 0.410 e. The Morgan fingerprint density at radius 2 is 1.97 bits per heavy atom. The monoisotopic (exact) mass is 529 g/mol. The van der Waals surface area contributed by atoms with Crippen LogP contribution < -0.4 is 15.0 Å². The van der Waals surface area contributed by atoms with Crippen molar-refractivity contribution < 1.29 is 14.3 Å². The summed E-state index contributed by atoms with van der Waals surface area (Å²) in [5, 5.41) is 13.0. The summed E-state index contributed by atoms with van der Waals surface area (Å²) in [5.74, 6) is 1.82. The minimum absolute atomic E-state index is 0.216. The van der Waals surface area contributed by atoms with E-state index in [-0.39, 0.29) is 12.2 Å². The van der Waals surface area contributed by atoms with Crippen LogP contribution in [0, 0.1) is 11.3 Å². The van der Waals surface area contributed by atoms with Crippen LogP contribution in [0.5, 0.6) is 5.75 Å². The van der Waals surface area contributed by atoms with Crippen LogP contribution in [0.3, 0.4) is 0 Å². The molecule has 39 heavy (non-hydrogen) atoms. The number of likely N-dealkylation sites (tertiary alicyclic amines) is 1. The van der Waals surface area contributed by atoms with Gasteiger partial charge in [-0.05, 0) is 71.0 Å². The van der Waals surface area contributed by atoms with Crippen LogP contribution in [0.2, 0.25) is 0 Å². The molecule has 10 nitrogen and oxygen atoms in total. The zero-order valence-electron chi connectivity index (χ0n) is 23.1. The number of aromatic nitrogens is 3. The molecule has 1 aliphatic rings. The summed E-state index contributed by atoms with van der Waals surface area (Å²) >= 11 is 0. The number of carbonyl (C=O) groups excluding carboxylic acids is 1. The number of rotatable bonds is 8. The molecule has 10 heteroatoms. The second kappa shape index (κ2) is 12.0. The summed E-state index contributed by atoms with van der Waals surface area (Å²) in [6, 6.07) is 13.3. The lowest BCUT2D eigenvalue weighted by Gasteiger charge is -2.24. The molecule has 4 rings (SSSR count). The lowest BCUT2D eigenvalue weighted by Crippen LogP contribution is -2.36. The molecule has 3 heterocycles. The van der Waals surface area contributed by atoms with Crippen LogP contribution in [0.15, 0.2) is 48.8 Å². The van der Waals surface area contributed by atoms with Gasteiger partial charge in [-0.25, -0.2) is 19.7 Å². The van der Waals surface area contributed by atoms with Gasteiger partial charge in [-0.15, -0.1) is 0 Å². The maximum absolute atomic E-state index is 12.4. The molecule has 0 radical (unpaired) electrons. The molecule has 2 aromatic heterocycles. The van der Waals surface area contributed by atoms with E-state index in [2.05, 4.69) is 45.1 Å². The van der Waals surface area contributed by atoms with E-state index in [9.17, 15) is 10.1 Å². The number of carbonyl (C=O) groups is 1. The fourth-order valence-corrected chi connectivity index (χ4v) is 4.28. The van der Waals surface area contributed by atoms with E-state index in [0.29, 0.717) is 42.5 Å². The van der Waals surface area contributed by atoms with E-state index < -0.39 is 5.60 Å². The standard InChI is InChI=1S/C29H35N7O3/c1-6-35(7-2)26-11-9-22(18-32-26)33-27-31-14-12-24(34-27)20-8-10-25(21(16-20)17-30)38-23-13-15-36(19-23)28(37)39-29(3,4)5/h8-12,14,16,18,23H,6-7,13,15,19H2,1-5H3,(H,31,33,34)/t23-/m1/s1. The molecule has 1 atom stereocenters. The highest BCUT2D eigenvalue weighted by molar-refractivity contribution is 5.69. The summed E-state index contributed by atoms with van der Waals surface area (Å²) in [5.41, 5.74) is 2.05. The van der Waals surface area contributed by atoms with Crippen molar-refractivity contribution >= 4 is 23.5 Å². The largest absolute Gasteiger partial charge is 0.487 e. The highest BCUT2D eigenvalue weighted by atomic mass is 16.6. The molecule has 1 saturated heterocycles. The van der Waals surface area contributed by atoms with Gasteiger partial charge >= 0.3 is 6.09 Å². The summed E-state index contributed by atoms with van der Waals surface area (Å²) in [6.07, 6.45) is 3.52. The van der Waals surface area contributed by atoms with E-state index in [4.69, 9.17) is 9.47 Å². The van der Waals surface area contributed by atoms with Gasteiger partial charge in [0, 0.05) is 37.8 Å². The van der Waals surface area contributed by atoms with Crippen LogP contribution in [-0.2, 0) is 4.74 Å². The van der Waals surface area contributed by atoms with E-state index in [1.807, 2.05) is 39.0 Å². The number of benzene rings is 1. The Morgan fingerprint density at radius 1 is 1.18 bits per heavy atom. The highest BCUT2D eigenvalue weighted by Crippen LogP contribution is 2.28. The Morgan fingerprint density at radius 3 is 2.64 bits per heavy atom. The Bertz CT molecular complexity index is 1330. The van der Waals surface area contributed by atoms with Crippen LogP contribution in [0.1, 0.15) is 46.6 Å². The summed E-state index contributed by atoms with van der Waals surface area (Å²) in [4.78, 5) is 29.7. The molecule has 1 aliphatic heterocycles. The normalized spacial score (nSPS) is 15.0. The highest BCUT2D eigenvalue weighted by Gasteiger charge is 2.31. The Hall–Kier alpha value is -4.39. The fraction of sp³-hybridized carbons (Fsp3) is 0.414. The topological polar surface area (TPSA) is 116 Å². The number of ether oxygens (including phenoxy) is 2. The molecule has 0 spiro atoms. The van der Waals surface area contributed by atoms with Gasteiger partial charge in [0.25, 0.3) is 0 Å². The molecule has 1 amide bonds. The Kier molecular flexibility index (Phi) is 8.49. The number of anilines is 3. The predicted octanol–water partition coefficient (Wildman–Crippen LogP) is 5.39. The van der Waals surface area contributed by atoms with E-state index in [1.165, 1.54) is 0 Å². The number of amides is 1. The third-order valence-electron chi connectivity index (χ3n) is 6.23. The van der Waals surface area contributed by atoms with E-state index in [1.54, 1.807) is 35.5 Å². The Labute approximate surface area is 229 Å². The van der Waals surface area contributed by atoms with Crippen molar-refractivity contribution in [2.45, 2.75) is 52.7 Å². The van der Waals surface area contributed by atoms with Crippen molar-refractivity contribution in [2.75, 3.05) is 36.4 Å². The Balaban J connectivity index is 1.43. The van der Waals surface area contributed by atoms with Gasteiger partial charge < -0.3 is 24.6 Å². The van der Waals surface area contributed by atoms with Crippen molar-refractivity contribution in [3.05, 3.63) is 54.4 Å². The molecular formula is C29H35N7O3. The molecular weight excluding hydrogens is 494 g/mol. The van der Waals surface area contributed by atoms with Crippen LogP contribution in [0.4, 0.5) is 22.2 Å². The van der Waals surface area contributed by atoms with Crippen LogP contribution >= 0.6 is 0 Å². The quantitative estimate of drug-likeness (QED) is 0.410. The maximum atomic E-state index is 12.4. The van der Waals surface area contributed by atoms with Crippen molar-refractivity contribution in [3.63, 3.8) is 0 Å². The van der Waals surface area contributed by atoms with Gasteiger partial charge in [0.15, 0.2) is 0 Å². The lowest BCUT2D eigenvalue weighted by atomic mass is 10.1. The molecule has 1 fully saturated rings. The van der Waals surface area contributed by atoms with Crippen LogP contribution in [-0.4, -0.2) is 63.8 Å². The summed E-state index contributed by atoms with van der Waals surface area (Å²) < 4.78 is 11.6. The molecule has 0 saturated carbocycles. The van der Waals surface area contributed by atoms with Crippen molar-refractivity contribution in [2.24, 2.45) is 0 Å². The molecule has 204 valence electrons. The lowest BCUT2D eigenvalue weighted by molar-refractivity contribution is 0.0275. The third-order valence-corrected chi connectivity index (χ3v) is 6.23. The van der Waals surface area contributed by atoms with Gasteiger partial charge in [-0.3, -0.25) is 0 Å². The van der Waals surface area contributed by atoms with E-state index in [0.717, 1.165) is 30.2 Å². The maximum Gasteiger partial charge on any atom is 0.410 e. The first kappa shape index (κ1) is 27.6. The second-order valence-electron chi connectivity index (χ2n) is 10.2. The van der Waals surface area contributed by atoms with Gasteiger partial charge in [0.1, 0.15) is 29.3 Å². The number of hydrogen-bond acceptors (Lipinski definition) is 9. The van der Waals surface area contributed by atoms with Crippen LogP contribution in [0.25, 0.3) is 11.3 Å². The summed E-state index contributed by atoms with van der Waals surface area (Å²) in [7, 11) is 0. The number of nitrogens with zero attached hydrogens (tertiary/aromatic N) is 6. The second-order valence-corrected chi connectivity index (χ2v) is 10.2. The fourth-order valence-electron chi connectivity index (χ4n) is 4.28. The molecule has 1 aromatic carbocycles. The first-order valence-corrected chi connectivity index (χ1v) is 13.2. The van der Waals surface area contributed by atoms with Crippen molar-refractivity contribution in [3.8, 4) is 23.1 Å². The van der Waals surface area contributed by atoms with E-state index >= 15 is 0 Å². The molecule has 0 unspecified atom stereocenters. The minimum Gasteiger partial charge on any atom is -0.487 e. The van der Waals surface area contributed by atoms with Gasteiger partial charge in [0.05, 0.1) is 29.7 Å². The predicted molar refractivity (Wildman–Crippen MR) is 150 cm³/mol. The first-order chi connectivity index (χ1) is 18.7. The minimum atomic E-state index is -0.553. The summed E-state index contributed by atoms with van der Waals surface area (Å²) in [6.45, 7) is 12.5. The van der Waals surface area contributed by atoms with Crippen molar-refractivity contribution in [1.29, 1.82) is 5.26 Å². The van der Waals surface area contributed by atoms with Gasteiger partial charge in [-0.2, -0.15) is 5.26 Å².